The van der Waals surface area contributed by atoms with Crippen LogP contribution >= 0.6 is 0 Å². The Labute approximate surface area is 231 Å². The predicted octanol–water partition coefficient (Wildman–Crippen LogP) is 9.23. The van der Waals surface area contributed by atoms with Crippen molar-refractivity contribution in [1.82, 2.24) is 0 Å². The van der Waals surface area contributed by atoms with E-state index in [0.29, 0.717) is 17.9 Å². The van der Waals surface area contributed by atoms with E-state index >= 15 is 0 Å². The van der Waals surface area contributed by atoms with Gasteiger partial charge in [-0.2, -0.15) is 0 Å². The van der Waals surface area contributed by atoms with E-state index in [9.17, 15) is 9.59 Å². The maximum absolute atomic E-state index is 13.3. The molecule has 0 spiro atoms. The molecule has 0 saturated heterocycles. The largest absolute Gasteiger partial charge is 0.426 e. The van der Waals surface area contributed by atoms with Gasteiger partial charge in [0, 0.05) is 28.7 Å². The number of carbonyl (C=O) groups excluding carboxylic acids is 2. The maximum Gasteiger partial charge on any atom is 0.316 e. The van der Waals surface area contributed by atoms with E-state index in [2.05, 4.69) is 88.3 Å². The molecule has 0 aliphatic rings. The highest BCUT2D eigenvalue weighted by Gasteiger charge is 2.34. The Hall–Kier alpha value is -2.62. The van der Waals surface area contributed by atoms with Crippen LogP contribution in [0.25, 0.3) is 11.1 Å². The molecule has 210 valence electrons. The van der Waals surface area contributed by atoms with Crippen molar-refractivity contribution < 1.29 is 19.1 Å². The van der Waals surface area contributed by atoms with Crippen LogP contribution in [0, 0.1) is 33.1 Å². The van der Waals surface area contributed by atoms with E-state index in [1.165, 1.54) is 0 Å². The summed E-state index contributed by atoms with van der Waals surface area (Å²) in [6, 6.07) is 4.27. The molecule has 0 bridgehead atoms. The Morgan fingerprint density at radius 3 is 1.42 bits per heavy atom. The van der Waals surface area contributed by atoms with E-state index in [1.807, 2.05) is 20.8 Å². The molecule has 0 N–H and O–H groups in total. The highest BCUT2D eigenvalue weighted by atomic mass is 16.5. The minimum Gasteiger partial charge on any atom is -0.426 e. The van der Waals surface area contributed by atoms with Crippen LogP contribution < -0.4 is 9.47 Å². The van der Waals surface area contributed by atoms with Gasteiger partial charge in [-0.15, -0.1) is 0 Å². The summed E-state index contributed by atoms with van der Waals surface area (Å²) in [6.07, 6.45) is 2.05. The van der Waals surface area contributed by atoms with Crippen molar-refractivity contribution in [1.29, 1.82) is 0 Å². The average molecular weight is 523 g/mol. The smallest absolute Gasteiger partial charge is 0.316 e. The molecule has 0 fully saturated rings. The Morgan fingerprint density at radius 2 is 1.08 bits per heavy atom. The van der Waals surface area contributed by atoms with Crippen molar-refractivity contribution in [2.45, 2.75) is 127 Å². The third-order valence-electron chi connectivity index (χ3n) is 7.22. The Bertz CT molecular complexity index is 1210. The Kier molecular flexibility index (Phi) is 9.35. The summed E-state index contributed by atoms with van der Waals surface area (Å²) in [5.74, 6) is 0.593. The lowest BCUT2D eigenvalue weighted by atomic mass is 9.77. The van der Waals surface area contributed by atoms with Gasteiger partial charge in [-0.3, -0.25) is 9.59 Å². The van der Waals surface area contributed by atoms with Crippen LogP contribution in [0.2, 0.25) is 0 Å². The number of carbonyl (C=O) groups is 2. The lowest BCUT2D eigenvalue weighted by Gasteiger charge is -2.31. The standard InChI is InChI=1S/C34H50O4/c1-15-16-17-26(35)37-29-24(32(6,7)8)18-20(2)22(4)27(29)28-23(5)21(3)19-25(33(9,10)11)30(28)38-31(36)34(12,13)14/h18-19H,15-17H2,1-14H3. The minimum absolute atomic E-state index is 0.239. The number of esters is 2. The van der Waals surface area contributed by atoms with Crippen LogP contribution in [0.1, 0.15) is 122 Å². The topological polar surface area (TPSA) is 52.6 Å². The van der Waals surface area contributed by atoms with Gasteiger partial charge in [0.1, 0.15) is 11.5 Å². The summed E-state index contributed by atoms with van der Waals surface area (Å²) in [4.78, 5) is 26.4. The zero-order valence-corrected chi connectivity index (χ0v) is 26.4. The highest BCUT2D eigenvalue weighted by Crippen LogP contribution is 2.50. The first-order valence-corrected chi connectivity index (χ1v) is 13.9. The molecule has 0 aliphatic carbocycles. The first kappa shape index (κ1) is 31.6. The van der Waals surface area contributed by atoms with E-state index in [0.717, 1.165) is 57.3 Å². The van der Waals surface area contributed by atoms with Crippen LogP contribution in [0.15, 0.2) is 12.1 Å². The van der Waals surface area contributed by atoms with Gasteiger partial charge in [-0.1, -0.05) is 67.0 Å². The lowest BCUT2D eigenvalue weighted by molar-refractivity contribution is -0.143. The molecule has 0 amide bonds. The molecule has 2 aromatic rings. The normalized spacial score (nSPS) is 12.5. The molecule has 4 heteroatoms. The summed E-state index contributed by atoms with van der Waals surface area (Å²) in [6.45, 7) is 28.8. The van der Waals surface area contributed by atoms with Gasteiger partial charge < -0.3 is 9.47 Å². The van der Waals surface area contributed by atoms with Crippen molar-refractivity contribution >= 4 is 11.9 Å². The number of hydrogen-bond donors (Lipinski definition) is 0. The van der Waals surface area contributed by atoms with E-state index in [4.69, 9.17) is 9.47 Å². The van der Waals surface area contributed by atoms with Gasteiger partial charge in [0.05, 0.1) is 5.41 Å². The summed E-state index contributed by atoms with van der Waals surface area (Å²) >= 11 is 0. The molecule has 2 rings (SSSR count). The van der Waals surface area contributed by atoms with Crippen molar-refractivity contribution in [3.05, 3.63) is 45.5 Å². The van der Waals surface area contributed by atoms with Crippen LogP contribution in [-0.2, 0) is 20.4 Å². The molecule has 0 aliphatic heterocycles. The first-order valence-electron chi connectivity index (χ1n) is 13.9. The summed E-state index contributed by atoms with van der Waals surface area (Å²) in [7, 11) is 0. The average Bonchev–Trinajstić information content (AvgIpc) is 2.76. The highest BCUT2D eigenvalue weighted by molar-refractivity contribution is 5.90. The van der Waals surface area contributed by atoms with Crippen LogP contribution in [-0.4, -0.2) is 11.9 Å². The molecule has 0 radical (unpaired) electrons. The quantitative estimate of drug-likeness (QED) is 0.280. The van der Waals surface area contributed by atoms with E-state index in [-0.39, 0.29) is 22.8 Å². The maximum atomic E-state index is 13.3. The van der Waals surface area contributed by atoms with Crippen LogP contribution in [0.3, 0.4) is 0 Å². The van der Waals surface area contributed by atoms with Gasteiger partial charge in [0.15, 0.2) is 0 Å². The zero-order chi connectivity index (χ0) is 29.4. The number of rotatable bonds is 6. The fourth-order valence-electron chi connectivity index (χ4n) is 4.44. The van der Waals surface area contributed by atoms with Gasteiger partial charge in [-0.05, 0) is 88.0 Å². The molecular weight excluding hydrogens is 472 g/mol. The fourth-order valence-corrected chi connectivity index (χ4v) is 4.44. The fraction of sp³-hybridized carbons (Fsp3) is 0.588. The molecule has 0 aromatic heterocycles. The second kappa shape index (κ2) is 11.2. The van der Waals surface area contributed by atoms with Crippen molar-refractivity contribution in [3.8, 4) is 22.6 Å². The molecule has 2 aromatic carbocycles. The molecule has 0 saturated carbocycles. The summed E-state index contributed by atoms with van der Waals surface area (Å²) < 4.78 is 12.6. The van der Waals surface area contributed by atoms with Crippen LogP contribution in [0.4, 0.5) is 0 Å². The second-order valence-corrected chi connectivity index (χ2v) is 13.9. The molecule has 0 unspecified atom stereocenters. The van der Waals surface area contributed by atoms with Gasteiger partial charge in [0.2, 0.25) is 0 Å². The van der Waals surface area contributed by atoms with Gasteiger partial charge in [-0.25, -0.2) is 0 Å². The van der Waals surface area contributed by atoms with Gasteiger partial charge >= 0.3 is 11.9 Å². The van der Waals surface area contributed by atoms with E-state index in [1.54, 1.807) is 0 Å². The molecule has 0 heterocycles. The van der Waals surface area contributed by atoms with Crippen molar-refractivity contribution in [2.75, 3.05) is 0 Å². The van der Waals surface area contributed by atoms with E-state index < -0.39 is 5.41 Å². The third-order valence-corrected chi connectivity index (χ3v) is 7.22. The Morgan fingerprint density at radius 1 is 0.684 bits per heavy atom. The second-order valence-electron chi connectivity index (χ2n) is 13.9. The zero-order valence-electron chi connectivity index (χ0n) is 26.4. The Balaban J connectivity index is 3.15. The third kappa shape index (κ3) is 6.87. The molecule has 4 nitrogen and oxygen atoms in total. The number of unbranched alkanes of at least 4 members (excludes halogenated alkanes) is 1. The summed E-state index contributed by atoms with van der Waals surface area (Å²) in [5, 5.41) is 0. The number of hydrogen-bond acceptors (Lipinski definition) is 4. The molecule has 38 heavy (non-hydrogen) atoms. The monoisotopic (exact) mass is 522 g/mol. The predicted molar refractivity (Wildman–Crippen MR) is 158 cm³/mol. The minimum atomic E-state index is -0.682. The van der Waals surface area contributed by atoms with Crippen molar-refractivity contribution in [2.24, 2.45) is 5.41 Å². The van der Waals surface area contributed by atoms with Gasteiger partial charge in [0.25, 0.3) is 0 Å². The molecule has 0 atom stereocenters. The van der Waals surface area contributed by atoms with Crippen LogP contribution in [0.5, 0.6) is 11.5 Å². The number of benzene rings is 2. The molecular formula is C34H50O4. The first-order chi connectivity index (χ1) is 17.2. The van der Waals surface area contributed by atoms with Crippen molar-refractivity contribution in [3.63, 3.8) is 0 Å². The number of aryl methyl sites for hydroxylation is 2. The number of ether oxygens (including phenoxy) is 2. The SMILES string of the molecule is CCCCC(=O)Oc1c(C(C)(C)C)cc(C)c(C)c1-c1c(C)c(C)cc(C(C)(C)C)c1OC(=O)C(C)(C)C. The lowest BCUT2D eigenvalue weighted by Crippen LogP contribution is -2.28. The summed E-state index contributed by atoms with van der Waals surface area (Å²) in [5.41, 5.74) is 6.56.